The van der Waals surface area contributed by atoms with E-state index in [4.69, 9.17) is 9.26 Å². The number of aryl methyl sites for hydroxylation is 1. The van der Waals surface area contributed by atoms with Gasteiger partial charge in [0.2, 0.25) is 17.6 Å². The van der Waals surface area contributed by atoms with Gasteiger partial charge in [-0.1, -0.05) is 12.1 Å². The van der Waals surface area contributed by atoms with E-state index in [2.05, 4.69) is 25.0 Å². The van der Waals surface area contributed by atoms with Crippen molar-refractivity contribution >= 4 is 5.91 Å². The SMILES string of the molecule is CCc1nc(-c2cncnc2C2CN(CC(=O)N(CC)CC)CCO2)no1. The van der Waals surface area contributed by atoms with Gasteiger partial charge in [-0.15, -0.1) is 0 Å². The highest BCUT2D eigenvalue weighted by Crippen LogP contribution is 2.28. The zero-order chi connectivity index (χ0) is 19.2. The van der Waals surface area contributed by atoms with Crippen LogP contribution in [0.3, 0.4) is 0 Å². The predicted octanol–water partition coefficient (Wildman–Crippen LogP) is 1.33. The lowest BCUT2D eigenvalue weighted by atomic mass is 10.1. The van der Waals surface area contributed by atoms with Crippen molar-refractivity contribution in [2.24, 2.45) is 0 Å². The van der Waals surface area contributed by atoms with Crippen LogP contribution in [-0.2, 0) is 16.0 Å². The summed E-state index contributed by atoms with van der Waals surface area (Å²) in [4.78, 5) is 29.3. The second-order valence-electron chi connectivity index (χ2n) is 6.35. The molecule has 1 fully saturated rings. The Hall–Kier alpha value is -2.39. The maximum Gasteiger partial charge on any atom is 0.236 e. The van der Waals surface area contributed by atoms with Crippen LogP contribution in [-0.4, -0.2) is 75.1 Å². The molecule has 1 unspecified atom stereocenters. The van der Waals surface area contributed by atoms with Crippen LogP contribution in [0, 0.1) is 0 Å². The van der Waals surface area contributed by atoms with E-state index in [-0.39, 0.29) is 12.0 Å². The highest BCUT2D eigenvalue weighted by Gasteiger charge is 2.28. The van der Waals surface area contributed by atoms with Crippen molar-refractivity contribution in [1.82, 2.24) is 29.9 Å². The summed E-state index contributed by atoms with van der Waals surface area (Å²) in [6, 6.07) is 0. The van der Waals surface area contributed by atoms with Crippen LogP contribution in [0.25, 0.3) is 11.4 Å². The molecule has 0 spiro atoms. The molecule has 9 nitrogen and oxygen atoms in total. The Labute approximate surface area is 158 Å². The quantitative estimate of drug-likeness (QED) is 0.716. The largest absolute Gasteiger partial charge is 0.369 e. The number of rotatable bonds is 7. The molecule has 1 aliphatic rings. The van der Waals surface area contributed by atoms with Crippen LogP contribution in [0.5, 0.6) is 0 Å². The molecular weight excluding hydrogens is 348 g/mol. The van der Waals surface area contributed by atoms with E-state index in [0.29, 0.717) is 55.6 Å². The zero-order valence-corrected chi connectivity index (χ0v) is 16.1. The third-order valence-corrected chi connectivity index (χ3v) is 4.69. The van der Waals surface area contributed by atoms with Crippen LogP contribution in [0.4, 0.5) is 0 Å². The van der Waals surface area contributed by atoms with Crippen molar-refractivity contribution in [3.8, 4) is 11.4 Å². The first kappa shape index (κ1) is 19.4. The highest BCUT2D eigenvalue weighted by molar-refractivity contribution is 5.78. The Bertz CT molecular complexity index is 761. The predicted molar refractivity (Wildman–Crippen MR) is 97.8 cm³/mol. The number of amides is 1. The van der Waals surface area contributed by atoms with Crippen molar-refractivity contribution in [1.29, 1.82) is 0 Å². The van der Waals surface area contributed by atoms with Crippen LogP contribution in [0.15, 0.2) is 17.0 Å². The summed E-state index contributed by atoms with van der Waals surface area (Å²) in [6.07, 6.45) is 3.56. The Morgan fingerprint density at radius 1 is 1.33 bits per heavy atom. The average molecular weight is 374 g/mol. The topological polar surface area (TPSA) is 97.5 Å². The molecule has 3 heterocycles. The zero-order valence-electron chi connectivity index (χ0n) is 16.1. The highest BCUT2D eigenvalue weighted by atomic mass is 16.5. The van der Waals surface area contributed by atoms with Gasteiger partial charge in [-0.05, 0) is 13.8 Å². The van der Waals surface area contributed by atoms with E-state index in [9.17, 15) is 4.79 Å². The van der Waals surface area contributed by atoms with Gasteiger partial charge in [0.15, 0.2) is 0 Å². The monoisotopic (exact) mass is 374 g/mol. The summed E-state index contributed by atoms with van der Waals surface area (Å²) < 4.78 is 11.2. The van der Waals surface area contributed by atoms with Crippen molar-refractivity contribution in [2.45, 2.75) is 33.3 Å². The number of carbonyl (C=O) groups is 1. The standard InChI is InChI=1S/C18H26N6O3/c1-4-15-21-18(22-27-15)13-9-19-12-20-17(13)14-10-23(7-8-26-14)11-16(25)24(5-2)6-3/h9,12,14H,4-8,10-11H2,1-3H3. The maximum absolute atomic E-state index is 12.4. The molecule has 1 saturated heterocycles. The van der Waals surface area contributed by atoms with Gasteiger partial charge in [-0.2, -0.15) is 4.98 Å². The van der Waals surface area contributed by atoms with Gasteiger partial charge in [-0.25, -0.2) is 9.97 Å². The van der Waals surface area contributed by atoms with Crippen LogP contribution in [0.2, 0.25) is 0 Å². The molecule has 0 saturated carbocycles. The van der Waals surface area contributed by atoms with E-state index in [0.717, 1.165) is 13.1 Å². The second kappa shape index (κ2) is 9.01. The fourth-order valence-corrected chi connectivity index (χ4v) is 3.15. The lowest BCUT2D eigenvalue weighted by Crippen LogP contribution is -2.45. The molecule has 0 N–H and O–H groups in total. The minimum Gasteiger partial charge on any atom is -0.369 e. The number of ether oxygens (including phenoxy) is 1. The number of morpholine rings is 1. The van der Waals surface area contributed by atoms with Crippen molar-refractivity contribution < 1.29 is 14.1 Å². The lowest BCUT2D eigenvalue weighted by molar-refractivity contribution is -0.134. The van der Waals surface area contributed by atoms with Gasteiger partial charge in [-0.3, -0.25) is 9.69 Å². The van der Waals surface area contributed by atoms with Crippen molar-refractivity contribution in [3.63, 3.8) is 0 Å². The molecule has 1 atom stereocenters. The summed E-state index contributed by atoms with van der Waals surface area (Å²) >= 11 is 0. The molecule has 1 aliphatic heterocycles. The molecular formula is C18H26N6O3. The first-order valence-electron chi connectivity index (χ1n) is 9.40. The normalized spacial score (nSPS) is 17.8. The summed E-state index contributed by atoms with van der Waals surface area (Å²) in [7, 11) is 0. The van der Waals surface area contributed by atoms with Gasteiger partial charge in [0, 0.05) is 38.8 Å². The Kier molecular flexibility index (Phi) is 6.46. The molecule has 0 aliphatic carbocycles. The Balaban J connectivity index is 1.76. The first-order chi connectivity index (χ1) is 13.2. The third-order valence-electron chi connectivity index (χ3n) is 4.69. The fourth-order valence-electron chi connectivity index (χ4n) is 3.15. The number of hydrogen-bond acceptors (Lipinski definition) is 8. The number of aromatic nitrogens is 4. The van der Waals surface area contributed by atoms with Crippen LogP contribution in [0.1, 0.15) is 38.5 Å². The van der Waals surface area contributed by atoms with E-state index >= 15 is 0 Å². The third kappa shape index (κ3) is 4.48. The molecule has 0 bridgehead atoms. The van der Waals surface area contributed by atoms with Gasteiger partial charge >= 0.3 is 0 Å². The summed E-state index contributed by atoms with van der Waals surface area (Å²) in [5.41, 5.74) is 1.41. The van der Waals surface area contributed by atoms with Crippen molar-refractivity contribution in [3.05, 3.63) is 24.1 Å². The molecule has 2 aromatic rings. The van der Waals surface area contributed by atoms with Crippen molar-refractivity contribution in [2.75, 3.05) is 39.3 Å². The molecule has 27 heavy (non-hydrogen) atoms. The second-order valence-corrected chi connectivity index (χ2v) is 6.35. The summed E-state index contributed by atoms with van der Waals surface area (Å²) in [5, 5.41) is 4.03. The van der Waals surface area contributed by atoms with Crippen LogP contribution < -0.4 is 0 Å². The molecule has 0 radical (unpaired) electrons. The lowest BCUT2D eigenvalue weighted by Gasteiger charge is -2.33. The maximum atomic E-state index is 12.4. The van der Waals surface area contributed by atoms with Crippen LogP contribution >= 0.6 is 0 Å². The van der Waals surface area contributed by atoms with Gasteiger partial charge < -0.3 is 14.2 Å². The number of carbonyl (C=O) groups excluding carboxylic acids is 1. The molecule has 146 valence electrons. The fraction of sp³-hybridized carbons (Fsp3) is 0.611. The van der Waals surface area contributed by atoms with E-state index in [1.54, 1.807) is 6.20 Å². The molecule has 0 aromatic carbocycles. The number of nitrogens with zero attached hydrogens (tertiary/aromatic N) is 6. The number of hydrogen-bond donors (Lipinski definition) is 0. The Morgan fingerprint density at radius 2 is 2.15 bits per heavy atom. The Morgan fingerprint density at radius 3 is 2.85 bits per heavy atom. The van der Waals surface area contributed by atoms with Gasteiger partial charge in [0.05, 0.1) is 24.4 Å². The number of likely N-dealkylation sites (N-methyl/N-ethyl adjacent to an activating group) is 1. The van der Waals surface area contributed by atoms with Gasteiger partial charge in [0.1, 0.15) is 12.4 Å². The molecule has 9 heteroatoms. The van der Waals surface area contributed by atoms with E-state index < -0.39 is 0 Å². The summed E-state index contributed by atoms with van der Waals surface area (Å²) in [5.74, 6) is 1.16. The molecule has 3 rings (SSSR count). The summed E-state index contributed by atoms with van der Waals surface area (Å²) in [6.45, 7) is 9.58. The van der Waals surface area contributed by atoms with Gasteiger partial charge in [0.25, 0.3) is 0 Å². The van der Waals surface area contributed by atoms with E-state index in [1.165, 1.54) is 6.33 Å². The van der Waals surface area contributed by atoms with E-state index in [1.807, 2.05) is 25.7 Å². The average Bonchev–Trinajstić information content (AvgIpc) is 3.18. The molecule has 1 amide bonds. The first-order valence-corrected chi connectivity index (χ1v) is 9.40. The smallest absolute Gasteiger partial charge is 0.236 e. The minimum absolute atomic E-state index is 0.134. The molecule has 2 aromatic heterocycles. The minimum atomic E-state index is -0.273.